The molecule has 0 spiro atoms. The van der Waals surface area contributed by atoms with Gasteiger partial charge in [-0.25, -0.2) is 0 Å². The van der Waals surface area contributed by atoms with Crippen LogP contribution in [0.4, 0.5) is 0 Å². The van der Waals surface area contributed by atoms with E-state index in [2.05, 4.69) is 18.7 Å². The molecule has 10 atom stereocenters. The number of benzene rings is 1. The van der Waals surface area contributed by atoms with E-state index >= 15 is 0 Å². The molecule has 3 rings (SSSR count). The first kappa shape index (κ1) is 39.9. The van der Waals surface area contributed by atoms with Gasteiger partial charge in [0.25, 0.3) is 0 Å². The summed E-state index contributed by atoms with van der Waals surface area (Å²) in [7, 11) is 1.99. The number of hydrogen-bond donors (Lipinski definition) is 3. The van der Waals surface area contributed by atoms with Crippen LogP contribution in [0.2, 0.25) is 5.02 Å². The molecule has 1 aromatic carbocycles. The summed E-state index contributed by atoms with van der Waals surface area (Å²) in [4.78, 5) is 26.8. The summed E-state index contributed by atoms with van der Waals surface area (Å²) in [5, 5.41) is 34.2. The molecule has 0 saturated carbocycles. The Bertz CT molecular complexity index is 1310. The molecule has 0 aliphatic carbocycles. The van der Waals surface area contributed by atoms with Crippen molar-refractivity contribution in [2.75, 3.05) is 7.05 Å². The maximum Gasteiger partial charge on any atom is 0.309 e. The average Bonchev–Trinajstić information content (AvgIpc) is 3.77. The molecule has 0 amide bonds. The minimum atomic E-state index is -1.45. The van der Waals surface area contributed by atoms with E-state index in [9.17, 15) is 24.9 Å². The van der Waals surface area contributed by atoms with Crippen LogP contribution in [0.25, 0.3) is 0 Å². The highest BCUT2D eigenvalue weighted by molar-refractivity contribution is 6.30. The Morgan fingerprint density at radius 3 is 2.52 bits per heavy atom. The zero-order chi connectivity index (χ0) is 35.8. The molecular weight excluding hydrogens is 634 g/mol. The highest BCUT2D eigenvalue weighted by Crippen LogP contribution is 2.40. The van der Waals surface area contributed by atoms with E-state index in [1.165, 1.54) is 6.92 Å². The van der Waals surface area contributed by atoms with Crippen LogP contribution in [0.3, 0.4) is 0 Å². The number of carbonyl (C=O) groups excluding carboxylic acids is 2. The van der Waals surface area contributed by atoms with Crippen LogP contribution in [0, 0.1) is 11.8 Å². The van der Waals surface area contributed by atoms with Crippen LogP contribution in [-0.2, 0) is 30.3 Å². The third kappa shape index (κ3) is 11.5. The zero-order valence-electron chi connectivity index (χ0n) is 29.8. The third-order valence-electron chi connectivity index (χ3n) is 9.46. The third-order valence-corrected chi connectivity index (χ3v) is 9.71. The zero-order valence-corrected chi connectivity index (χ0v) is 30.5. The molecule has 1 fully saturated rings. The van der Waals surface area contributed by atoms with E-state index in [1.54, 1.807) is 44.2 Å². The summed E-state index contributed by atoms with van der Waals surface area (Å²) in [5.41, 5.74) is -0.963. The van der Waals surface area contributed by atoms with E-state index in [-0.39, 0.29) is 43.4 Å². The van der Waals surface area contributed by atoms with E-state index in [1.807, 2.05) is 45.2 Å². The Kier molecular flexibility index (Phi) is 14.5. The normalized spacial score (nSPS) is 32.0. The second-order valence-electron chi connectivity index (χ2n) is 14.3. The molecule has 0 aromatic heterocycles. The molecular formula is C38H56ClNO8. The lowest BCUT2D eigenvalue weighted by molar-refractivity contribution is -0.157. The fourth-order valence-corrected chi connectivity index (χ4v) is 6.82. The number of ether oxygens (including phenoxy) is 3. The van der Waals surface area contributed by atoms with Crippen LogP contribution in [0.5, 0.6) is 0 Å². The van der Waals surface area contributed by atoms with Crippen LogP contribution in [-0.4, -0.2) is 87.0 Å². The first-order chi connectivity index (χ1) is 22.4. The lowest BCUT2D eigenvalue weighted by Gasteiger charge is -2.37. The minimum absolute atomic E-state index is 0.0509. The number of halogens is 1. The van der Waals surface area contributed by atoms with Crippen molar-refractivity contribution in [3.8, 4) is 0 Å². The topological polar surface area (TPSA) is 129 Å². The molecule has 3 unspecified atom stereocenters. The maximum absolute atomic E-state index is 12.9. The van der Waals surface area contributed by atoms with E-state index in [0.717, 1.165) is 18.4 Å². The highest BCUT2D eigenvalue weighted by Gasteiger charge is 2.54. The standard InChI is InChI=1S/C38H56ClNO8/c1-9-11-24(2)34-35(48-34)36(40(8)23-28-14-16-29(39)17-15-28)38(7,45)20-10-12-25(3)33-26(4)13-18-31(46-27(5)41)37(6,44)21-19-30(42)22-32(43)47-33/h10,12-18,20,24,26,30-31,33-36,42,44-45H,9,11,19,21-23H2,1-8H3/b18-13+,20-10+,25-12+/t24-,26+,30-,31+,33?,34-,35+,36?,37-,38?/m1/s1. The summed E-state index contributed by atoms with van der Waals surface area (Å²) in [6.07, 6.45) is 8.00. The summed E-state index contributed by atoms with van der Waals surface area (Å²) in [5.74, 6) is -1.11. The lowest BCUT2D eigenvalue weighted by Crippen LogP contribution is -2.52. The summed E-state index contributed by atoms with van der Waals surface area (Å²) < 4.78 is 17.5. The van der Waals surface area contributed by atoms with Crippen molar-refractivity contribution < 1.29 is 39.1 Å². The molecule has 268 valence electrons. The Morgan fingerprint density at radius 2 is 1.90 bits per heavy atom. The Hall–Kier alpha value is -2.53. The Morgan fingerprint density at radius 1 is 1.23 bits per heavy atom. The Labute approximate surface area is 291 Å². The van der Waals surface area contributed by atoms with E-state index in [0.29, 0.717) is 23.1 Å². The molecule has 2 aliphatic rings. The minimum Gasteiger partial charge on any atom is -0.457 e. The average molecular weight is 690 g/mol. The van der Waals surface area contributed by atoms with Crippen LogP contribution >= 0.6 is 11.6 Å². The monoisotopic (exact) mass is 689 g/mol. The Balaban J connectivity index is 1.88. The van der Waals surface area contributed by atoms with Crippen molar-refractivity contribution in [2.24, 2.45) is 11.8 Å². The quantitative estimate of drug-likeness (QED) is 0.106. The molecule has 1 saturated heterocycles. The summed E-state index contributed by atoms with van der Waals surface area (Å²) in [6.45, 7) is 13.2. The van der Waals surface area contributed by atoms with E-state index < -0.39 is 41.5 Å². The van der Waals surface area contributed by atoms with Crippen molar-refractivity contribution in [1.82, 2.24) is 4.90 Å². The van der Waals surface area contributed by atoms with Gasteiger partial charge in [-0.3, -0.25) is 14.5 Å². The van der Waals surface area contributed by atoms with Gasteiger partial charge in [0.05, 0.1) is 30.3 Å². The largest absolute Gasteiger partial charge is 0.457 e. The van der Waals surface area contributed by atoms with Crippen molar-refractivity contribution in [3.63, 3.8) is 0 Å². The molecule has 3 N–H and O–H groups in total. The van der Waals surface area contributed by atoms with Crippen molar-refractivity contribution in [1.29, 1.82) is 0 Å². The first-order valence-electron chi connectivity index (χ1n) is 17.1. The van der Waals surface area contributed by atoms with Gasteiger partial charge >= 0.3 is 11.9 Å². The van der Waals surface area contributed by atoms with Gasteiger partial charge in [0.15, 0.2) is 0 Å². The number of rotatable bonds is 12. The lowest BCUT2D eigenvalue weighted by atomic mass is 9.87. The van der Waals surface area contributed by atoms with Crippen LogP contribution in [0.15, 0.2) is 60.2 Å². The van der Waals surface area contributed by atoms with Gasteiger partial charge < -0.3 is 29.5 Å². The molecule has 0 radical (unpaired) electrons. The van der Waals surface area contributed by atoms with Gasteiger partial charge in [0.1, 0.15) is 23.9 Å². The van der Waals surface area contributed by atoms with Crippen LogP contribution < -0.4 is 0 Å². The SMILES string of the molecule is CCC[C@@H](C)[C@H]1O[C@@H]1C(N(C)Cc1ccc(Cl)cc1)C(C)(O)/C=C/C=C(\C)C1OC(=O)C[C@H](O)CC[C@@](C)(O)[C@@H](OC(C)=O)/C=C/[C@@H]1C. The van der Waals surface area contributed by atoms with Crippen molar-refractivity contribution in [3.05, 3.63) is 70.8 Å². The number of nitrogens with zero attached hydrogens (tertiary/aromatic N) is 1. The number of hydrogen-bond acceptors (Lipinski definition) is 9. The van der Waals surface area contributed by atoms with Gasteiger partial charge in [0, 0.05) is 24.4 Å². The number of aliphatic hydroxyl groups is 3. The smallest absolute Gasteiger partial charge is 0.309 e. The number of likely N-dealkylation sites (N-methyl/N-ethyl adjacent to an activating group) is 1. The van der Waals surface area contributed by atoms with E-state index in [4.69, 9.17) is 25.8 Å². The molecule has 1 aromatic rings. The molecule has 2 aliphatic heterocycles. The number of aliphatic hydroxyl groups excluding tert-OH is 1. The second-order valence-corrected chi connectivity index (χ2v) is 14.7. The van der Waals surface area contributed by atoms with Crippen molar-refractivity contribution in [2.45, 2.75) is 135 Å². The predicted octanol–water partition coefficient (Wildman–Crippen LogP) is 5.93. The molecule has 48 heavy (non-hydrogen) atoms. The highest BCUT2D eigenvalue weighted by atomic mass is 35.5. The number of cyclic esters (lactones) is 1. The van der Waals surface area contributed by atoms with Crippen molar-refractivity contribution >= 4 is 23.5 Å². The number of epoxide rings is 1. The van der Waals surface area contributed by atoms with Gasteiger partial charge in [-0.15, -0.1) is 0 Å². The summed E-state index contributed by atoms with van der Waals surface area (Å²) >= 11 is 6.11. The second kappa shape index (κ2) is 17.4. The predicted molar refractivity (Wildman–Crippen MR) is 187 cm³/mol. The van der Waals surface area contributed by atoms with Crippen LogP contribution in [0.1, 0.15) is 86.1 Å². The fraction of sp³-hybridized carbons (Fsp3) is 0.632. The molecule has 10 heteroatoms. The number of carbonyl (C=O) groups is 2. The fourth-order valence-electron chi connectivity index (χ4n) is 6.69. The maximum atomic E-state index is 12.9. The van der Waals surface area contributed by atoms with Gasteiger partial charge in [0.2, 0.25) is 0 Å². The summed E-state index contributed by atoms with van der Waals surface area (Å²) in [6, 6.07) is 7.32. The molecule has 0 bridgehead atoms. The first-order valence-corrected chi connectivity index (χ1v) is 17.5. The molecule has 9 nitrogen and oxygen atoms in total. The van der Waals surface area contributed by atoms with Gasteiger partial charge in [-0.2, -0.15) is 0 Å². The number of allylic oxidation sites excluding steroid dienone is 2. The molecule has 2 heterocycles. The number of esters is 2. The van der Waals surface area contributed by atoms with Gasteiger partial charge in [-0.1, -0.05) is 75.2 Å². The van der Waals surface area contributed by atoms with Gasteiger partial charge in [-0.05, 0) is 82.3 Å².